The summed E-state index contributed by atoms with van der Waals surface area (Å²) in [6.07, 6.45) is 0. The Morgan fingerprint density at radius 2 is 1.74 bits per heavy atom. The van der Waals surface area contributed by atoms with Crippen LogP contribution in [-0.4, -0.2) is 31.2 Å². The molecule has 2 aromatic carbocycles. The Morgan fingerprint density at radius 1 is 1.05 bits per heavy atom. The highest BCUT2D eigenvalue weighted by Crippen LogP contribution is 2.39. The molecule has 100 valence electrons. The van der Waals surface area contributed by atoms with E-state index in [4.69, 9.17) is 4.74 Å². The van der Waals surface area contributed by atoms with Gasteiger partial charge in [-0.05, 0) is 31.3 Å². The number of hydrogen-bond acceptors (Lipinski definition) is 3. The molecule has 0 radical (unpaired) electrons. The van der Waals surface area contributed by atoms with E-state index in [1.807, 2.05) is 50.5 Å². The Morgan fingerprint density at radius 3 is 2.32 bits per heavy atom. The van der Waals surface area contributed by atoms with Crippen LogP contribution in [0.1, 0.15) is 5.56 Å². The predicted molar refractivity (Wildman–Crippen MR) is 77.5 cm³/mol. The van der Waals surface area contributed by atoms with Crippen molar-refractivity contribution in [3.05, 3.63) is 48.0 Å². The predicted octanol–water partition coefficient (Wildman–Crippen LogP) is 3.13. The number of methoxy groups -OCH3 is 1. The molecule has 0 aliphatic rings. The molecule has 1 N–H and O–H groups in total. The summed E-state index contributed by atoms with van der Waals surface area (Å²) >= 11 is 0. The van der Waals surface area contributed by atoms with Crippen molar-refractivity contribution < 1.29 is 9.84 Å². The van der Waals surface area contributed by atoms with Crippen molar-refractivity contribution in [1.82, 2.24) is 4.90 Å². The van der Waals surface area contributed by atoms with Crippen LogP contribution < -0.4 is 4.74 Å². The summed E-state index contributed by atoms with van der Waals surface area (Å²) in [5, 5.41) is 10.4. The lowest BCUT2D eigenvalue weighted by Gasteiger charge is -2.17. The molecule has 2 aromatic rings. The molecule has 0 atom stereocenters. The first-order valence-electron chi connectivity index (χ1n) is 6.22. The van der Waals surface area contributed by atoms with Crippen molar-refractivity contribution in [3.63, 3.8) is 0 Å². The van der Waals surface area contributed by atoms with Crippen molar-refractivity contribution >= 4 is 0 Å². The van der Waals surface area contributed by atoms with E-state index in [1.165, 1.54) is 0 Å². The summed E-state index contributed by atoms with van der Waals surface area (Å²) in [5.41, 5.74) is 2.92. The summed E-state index contributed by atoms with van der Waals surface area (Å²) in [5.74, 6) is 0.703. The van der Waals surface area contributed by atoms with E-state index >= 15 is 0 Å². The molecule has 0 amide bonds. The van der Waals surface area contributed by atoms with Crippen molar-refractivity contribution in [1.29, 1.82) is 0 Å². The fourth-order valence-corrected chi connectivity index (χ4v) is 2.18. The maximum absolute atomic E-state index is 10.4. The monoisotopic (exact) mass is 257 g/mol. The van der Waals surface area contributed by atoms with Crippen LogP contribution in [0.15, 0.2) is 42.5 Å². The molecule has 2 rings (SSSR count). The van der Waals surface area contributed by atoms with Gasteiger partial charge in [0.05, 0.1) is 7.11 Å². The highest BCUT2D eigenvalue weighted by Gasteiger charge is 2.15. The van der Waals surface area contributed by atoms with Gasteiger partial charge >= 0.3 is 0 Å². The third kappa shape index (κ3) is 2.88. The number of aromatic hydroxyl groups is 1. The maximum Gasteiger partial charge on any atom is 0.165 e. The molecule has 0 fully saturated rings. The largest absolute Gasteiger partial charge is 0.504 e. The second kappa shape index (κ2) is 5.76. The Bertz CT molecular complexity index is 550. The molecule has 0 saturated heterocycles. The van der Waals surface area contributed by atoms with Gasteiger partial charge in [0.25, 0.3) is 0 Å². The van der Waals surface area contributed by atoms with E-state index in [0.29, 0.717) is 5.75 Å². The summed E-state index contributed by atoms with van der Waals surface area (Å²) in [6, 6.07) is 13.7. The molecule has 0 bridgehead atoms. The van der Waals surface area contributed by atoms with Crippen molar-refractivity contribution in [2.75, 3.05) is 21.2 Å². The van der Waals surface area contributed by atoms with E-state index in [9.17, 15) is 5.11 Å². The zero-order chi connectivity index (χ0) is 13.8. The van der Waals surface area contributed by atoms with Gasteiger partial charge in [0.1, 0.15) is 0 Å². The summed E-state index contributed by atoms with van der Waals surface area (Å²) < 4.78 is 5.20. The molecule has 0 aromatic heterocycles. The minimum atomic E-state index is 0.202. The minimum Gasteiger partial charge on any atom is -0.504 e. The van der Waals surface area contributed by atoms with E-state index < -0.39 is 0 Å². The second-order valence-electron chi connectivity index (χ2n) is 4.75. The van der Waals surface area contributed by atoms with Gasteiger partial charge in [-0.15, -0.1) is 0 Å². The first-order chi connectivity index (χ1) is 9.13. The van der Waals surface area contributed by atoms with Crippen LogP contribution in [0.3, 0.4) is 0 Å². The van der Waals surface area contributed by atoms with Crippen LogP contribution >= 0.6 is 0 Å². The molecule has 0 saturated carbocycles. The van der Waals surface area contributed by atoms with Crippen LogP contribution in [0.25, 0.3) is 11.1 Å². The maximum atomic E-state index is 10.4. The van der Waals surface area contributed by atoms with E-state index in [-0.39, 0.29) is 5.75 Å². The van der Waals surface area contributed by atoms with Gasteiger partial charge < -0.3 is 14.7 Å². The zero-order valence-corrected chi connectivity index (χ0v) is 11.6. The lowest BCUT2D eigenvalue weighted by atomic mass is 9.97. The average Bonchev–Trinajstić information content (AvgIpc) is 2.39. The molecule has 19 heavy (non-hydrogen) atoms. The molecule has 3 nitrogen and oxygen atoms in total. The third-order valence-electron chi connectivity index (χ3n) is 3.00. The highest BCUT2D eigenvalue weighted by atomic mass is 16.5. The fourth-order valence-electron chi connectivity index (χ4n) is 2.18. The minimum absolute atomic E-state index is 0.202. The standard InChI is InChI=1S/C16H19NO2/c1-17(2)11-13-9-10-14(19-3)16(18)15(13)12-7-5-4-6-8-12/h4-10,18H,11H2,1-3H3. The number of benzene rings is 2. The van der Waals surface area contributed by atoms with E-state index in [2.05, 4.69) is 4.90 Å². The van der Waals surface area contributed by atoms with Crippen molar-refractivity contribution in [3.8, 4) is 22.6 Å². The Balaban J connectivity index is 2.60. The normalized spacial score (nSPS) is 10.7. The number of phenols is 1. The van der Waals surface area contributed by atoms with Crippen LogP contribution in [0, 0.1) is 0 Å². The Hall–Kier alpha value is -2.00. The molecule has 0 aliphatic carbocycles. The van der Waals surface area contributed by atoms with Gasteiger partial charge in [0.2, 0.25) is 0 Å². The van der Waals surface area contributed by atoms with E-state index in [1.54, 1.807) is 13.2 Å². The molecular formula is C16H19NO2. The first kappa shape index (κ1) is 13.4. The summed E-state index contributed by atoms with van der Waals surface area (Å²) in [6.45, 7) is 0.766. The van der Waals surface area contributed by atoms with Crippen molar-refractivity contribution in [2.45, 2.75) is 6.54 Å². The van der Waals surface area contributed by atoms with Crippen LogP contribution in [0.5, 0.6) is 11.5 Å². The van der Waals surface area contributed by atoms with Gasteiger partial charge in [-0.25, -0.2) is 0 Å². The summed E-state index contributed by atoms with van der Waals surface area (Å²) in [7, 11) is 5.58. The molecule has 0 aliphatic heterocycles. The lowest BCUT2D eigenvalue weighted by Crippen LogP contribution is -2.11. The third-order valence-corrected chi connectivity index (χ3v) is 3.00. The Labute approximate surface area is 114 Å². The topological polar surface area (TPSA) is 32.7 Å². The first-order valence-corrected chi connectivity index (χ1v) is 6.22. The smallest absolute Gasteiger partial charge is 0.165 e. The number of nitrogens with zero attached hydrogens (tertiary/aromatic N) is 1. The quantitative estimate of drug-likeness (QED) is 0.913. The highest BCUT2D eigenvalue weighted by molar-refractivity contribution is 5.76. The molecule has 0 unspecified atom stereocenters. The van der Waals surface area contributed by atoms with Crippen molar-refractivity contribution in [2.24, 2.45) is 0 Å². The summed E-state index contributed by atoms with van der Waals surface area (Å²) in [4.78, 5) is 2.08. The molecule has 0 spiro atoms. The van der Waals surface area contributed by atoms with Gasteiger partial charge in [-0.1, -0.05) is 36.4 Å². The SMILES string of the molecule is COc1ccc(CN(C)C)c(-c2ccccc2)c1O. The van der Waals surface area contributed by atoms with Gasteiger partial charge in [-0.3, -0.25) is 0 Å². The number of ether oxygens (including phenoxy) is 1. The fraction of sp³-hybridized carbons (Fsp3) is 0.250. The molecule has 3 heteroatoms. The van der Waals surface area contributed by atoms with Crippen LogP contribution in [0.4, 0.5) is 0 Å². The Kier molecular flexibility index (Phi) is 4.07. The molecular weight excluding hydrogens is 238 g/mol. The number of rotatable bonds is 4. The van der Waals surface area contributed by atoms with Crippen LogP contribution in [0.2, 0.25) is 0 Å². The number of hydrogen-bond donors (Lipinski definition) is 1. The van der Waals surface area contributed by atoms with Gasteiger partial charge in [0.15, 0.2) is 11.5 Å². The van der Waals surface area contributed by atoms with Crippen LogP contribution in [-0.2, 0) is 6.54 Å². The van der Waals surface area contributed by atoms with Gasteiger partial charge in [0, 0.05) is 12.1 Å². The average molecular weight is 257 g/mol. The lowest BCUT2D eigenvalue weighted by molar-refractivity contribution is 0.371. The second-order valence-corrected chi connectivity index (χ2v) is 4.75. The van der Waals surface area contributed by atoms with Gasteiger partial charge in [-0.2, -0.15) is 0 Å². The number of phenolic OH excluding ortho intramolecular Hbond substituents is 1. The van der Waals surface area contributed by atoms with E-state index in [0.717, 1.165) is 23.2 Å². The molecule has 0 heterocycles. The zero-order valence-electron chi connectivity index (χ0n) is 11.6.